The summed E-state index contributed by atoms with van der Waals surface area (Å²) in [4.78, 5) is 30.4. The van der Waals surface area contributed by atoms with E-state index in [9.17, 15) is 9.59 Å². The van der Waals surface area contributed by atoms with Crippen molar-refractivity contribution in [3.8, 4) is 0 Å². The topological polar surface area (TPSA) is 77.1 Å². The minimum Gasteiger partial charge on any atom is -0.467 e. The molecule has 0 aliphatic rings. The lowest BCUT2D eigenvalue weighted by Crippen LogP contribution is -2.29. The molecule has 32 heavy (non-hydrogen) atoms. The number of nitrogens with zero attached hydrogens (tertiary/aromatic N) is 2. The van der Waals surface area contributed by atoms with Crippen LogP contribution in [0, 0.1) is 0 Å². The number of aromatic nitrogens is 2. The van der Waals surface area contributed by atoms with Gasteiger partial charge in [0.05, 0.1) is 35.5 Å². The van der Waals surface area contributed by atoms with Crippen molar-refractivity contribution < 1.29 is 9.21 Å². The highest BCUT2D eigenvalue weighted by Crippen LogP contribution is 2.20. The van der Waals surface area contributed by atoms with E-state index < -0.39 is 0 Å². The van der Waals surface area contributed by atoms with Crippen LogP contribution in [-0.2, 0) is 17.8 Å². The molecule has 2 aromatic carbocycles. The fourth-order valence-electron chi connectivity index (χ4n) is 3.49. The Morgan fingerprint density at radius 3 is 2.62 bits per heavy atom. The van der Waals surface area contributed by atoms with Gasteiger partial charge < -0.3 is 9.73 Å². The third kappa shape index (κ3) is 4.94. The van der Waals surface area contributed by atoms with Gasteiger partial charge in [-0.05, 0) is 48.7 Å². The molecule has 0 radical (unpaired) electrons. The van der Waals surface area contributed by atoms with Crippen LogP contribution in [0.2, 0.25) is 0 Å². The van der Waals surface area contributed by atoms with Crippen LogP contribution >= 0.6 is 11.8 Å². The van der Waals surface area contributed by atoms with E-state index >= 15 is 0 Å². The van der Waals surface area contributed by atoms with E-state index in [4.69, 9.17) is 4.42 Å². The SMILES string of the molecule is CCc1ccc(C(C)NC(=O)CSc2nc3ccccc3c(=O)n2Cc2ccco2)cc1. The number of aryl methyl sites for hydroxylation is 1. The zero-order valence-electron chi connectivity index (χ0n) is 18.1. The first kappa shape index (κ1) is 21.9. The van der Waals surface area contributed by atoms with Gasteiger partial charge in [0, 0.05) is 0 Å². The third-order valence-corrected chi connectivity index (χ3v) is 6.29. The van der Waals surface area contributed by atoms with E-state index in [1.54, 1.807) is 29.0 Å². The highest BCUT2D eigenvalue weighted by molar-refractivity contribution is 7.99. The Morgan fingerprint density at radius 2 is 1.91 bits per heavy atom. The molecule has 1 N–H and O–H groups in total. The molecular weight excluding hydrogens is 422 g/mol. The number of nitrogens with one attached hydrogen (secondary N) is 1. The molecule has 0 saturated carbocycles. The van der Waals surface area contributed by atoms with Gasteiger partial charge in [-0.3, -0.25) is 14.2 Å². The zero-order chi connectivity index (χ0) is 22.5. The Bertz CT molecular complexity index is 1260. The molecule has 0 aliphatic heterocycles. The lowest BCUT2D eigenvalue weighted by molar-refractivity contribution is -0.119. The van der Waals surface area contributed by atoms with Crippen molar-refractivity contribution in [1.29, 1.82) is 0 Å². The summed E-state index contributed by atoms with van der Waals surface area (Å²) in [6.07, 6.45) is 2.56. The summed E-state index contributed by atoms with van der Waals surface area (Å²) in [5, 5.41) is 4.05. The maximum absolute atomic E-state index is 13.1. The van der Waals surface area contributed by atoms with Crippen molar-refractivity contribution in [1.82, 2.24) is 14.9 Å². The molecule has 1 amide bonds. The first-order chi connectivity index (χ1) is 15.5. The minimum absolute atomic E-state index is 0.108. The van der Waals surface area contributed by atoms with E-state index in [-0.39, 0.29) is 29.8 Å². The van der Waals surface area contributed by atoms with Gasteiger partial charge >= 0.3 is 0 Å². The Morgan fingerprint density at radius 1 is 1.12 bits per heavy atom. The Kier molecular flexibility index (Phi) is 6.75. The van der Waals surface area contributed by atoms with Crippen LogP contribution in [0.3, 0.4) is 0 Å². The van der Waals surface area contributed by atoms with Gasteiger partial charge in [0.2, 0.25) is 5.91 Å². The second kappa shape index (κ2) is 9.87. The lowest BCUT2D eigenvalue weighted by atomic mass is 10.1. The molecule has 7 heteroatoms. The Labute approximate surface area is 190 Å². The number of carbonyl (C=O) groups is 1. The number of furan rings is 1. The van der Waals surface area contributed by atoms with E-state index in [2.05, 4.69) is 29.4 Å². The van der Waals surface area contributed by atoms with Crippen LogP contribution in [0.15, 0.2) is 81.3 Å². The molecule has 0 bridgehead atoms. The number of benzene rings is 2. The monoisotopic (exact) mass is 447 g/mol. The predicted octanol–water partition coefficient (Wildman–Crippen LogP) is 4.57. The first-order valence-corrected chi connectivity index (χ1v) is 11.6. The van der Waals surface area contributed by atoms with Gasteiger partial charge in [-0.1, -0.05) is 55.1 Å². The molecule has 4 rings (SSSR count). The fourth-order valence-corrected chi connectivity index (χ4v) is 4.30. The van der Waals surface area contributed by atoms with Crippen molar-refractivity contribution in [2.45, 2.75) is 38.0 Å². The van der Waals surface area contributed by atoms with Gasteiger partial charge in [0.1, 0.15) is 5.76 Å². The molecule has 1 unspecified atom stereocenters. The minimum atomic E-state index is -0.153. The standard InChI is InChI=1S/C25H25N3O3S/c1-3-18-10-12-19(13-11-18)17(2)26-23(29)16-32-25-27-22-9-5-4-8-21(22)24(30)28(25)15-20-7-6-14-31-20/h4-14,17H,3,15-16H2,1-2H3,(H,26,29). The average molecular weight is 448 g/mol. The number of hydrogen-bond acceptors (Lipinski definition) is 5. The van der Waals surface area contributed by atoms with Crippen LogP contribution < -0.4 is 10.9 Å². The van der Waals surface area contributed by atoms with E-state index in [1.165, 1.54) is 17.3 Å². The van der Waals surface area contributed by atoms with Crippen LogP contribution in [0.25, 0.3) is 10.9 Å². The number of carbonyl (C=O) groups excluding carboxylic acids is 1. The summed E-state index contributed by atoms with van der Waals surface area (Å²) in [6, 6.07) is 19.0. The summed E-state index contributed by atoms with van der Waals surface area (Å²) in [5.74, 6) is 0.689. The summed E-state index contributed by atoms with van der Waals surface area (Å²) in [7, 11) is 0. The van der Waals surface area contributed by atoms with E-state index in [0.717, 1.165) is 12.0 Å². The first-order valence-electron chi connectivity index (χ1n) is 10.6. The summed E-state index contributed by atoms with van der Waals surface area (Å²) < 4.78 is 6.99. The lowest BCUT2D eigenvalue weighted by Gasteiger charge is -2.15. The van der Waals surface area contributed by atoms with Crippen molar-refractivity contribution >= 4 is 28.6 Å². The number of para-hydroxylation sites is 1. The molecule has 4 aromatic rings. The molecule has 2 aromatic heterocycles. The van der Waals surface area contributed by atoms with Crippen molar-refractivity contribution in [2.75, 3.05) is 5.75 Å². The normalized spacial score (nSPS) is 12.1. The van der Waals surface area contributed by atoms with Gasteiger partial charge in [0.15, 0.2) is 5.16 Å². The van der Waals surface area contributed by atoms with Crippen LogP contribution in [0.5, 0.6) is 0 Å². The average Bonchev–Trinajstić information content (AvgIpc) is 3.33. The quantitative estimate of drug-likeness (QED) is 0.316. The molecular formula is C25H25N3O3S. The van der Waals surface area contributed by atoms with Gasteiger partial charge in [-0.25, -0.2) is 4.98 Å². The summed E-state index contributed by atoms with van der Waals surface area (Å²) in [6.45, 7) is 4.34. The van der Waals surface area contributed by atoms with Gasteiger partial charge in [0.25, 0.3) is 5.56 Å². The van der Waals surface area contributed by atoms with Crippen molar-refractivity contribution in [3.05, 3.63) is 94.2 Å². The van der Waals surface area contributed by atoms with E-state index in [0.29, 0.717) is 21.8 Å². The molecule has 164 valence electrons. The second-order valence-corrected chi connectivity index (χ2v) is 8.50. The maximum atomic E-state index is 13.1. The molecule has 1 atom stereocenters. The highest BCUT2D eigenvalue weighted by atomic mass is 32.2. The largest absolute Gasteiger partial charge is 0.467 e. The van der Waals surface area contributed by atoms with Crippen LogP contribution in [0.4, 0.5) is 0 Å². The molecule has 0 spiro atoms. The second-order valence-electron chi connectivity index (χ2n) is 7.56. The molecule has 0 fully saturated rings. The molecule has 2 heterocycles. The predicted molar refractivity (Wildman–Crippen MR) is 127 cm³/mol. The van der Waals surface area contributed by atoms with Crippen LogP contribution in [-0.4, -0.2) is 21.2 Å². The number of amides is 1. The van der Waals surface area contributed by atoms with Gasteiger partial charge in [-0.15, -0.1) is 0 Å². The summed E-state index contributed by atoms with van der Waals surface area (Å²) in [5.41, 5.74) is 2.78. The molecule has 0 saturated heterocycles. The van der Waals surface area contributed by atoms with Crippen molar-refractivity contribution in [3.63, 3.8) is 0 Å². The Balaban J connectivity index is 1.51. The number of rotatable bonds is 8. The van der Waals surface area contributed by atoms with Crippen molar-refractivity contribution in [2.24, 2.45) is 0 Å². The number of fused-ring (bicyclic) bond motifs is 1. The number of hydrogen-bond donors (Lipinski definition) is 1. The fraction of sp³-hybridized carbons (Fsp3) is 0.240. The smallest absolute Gasteiger partial charge is 0.262 e. The van der Waals surface area contributed by atoms with E-state index in [1.807, 2.05) is 37.3 Å². The summed E-state index contributed by atoms with van der Waals surface area (Å²) >= 11 is 1.25. The zero-order valence-corrected chi connectivity index (χ0v) is 18.9. The molecule has 0 aliphatic carbocycles. The highest BCUT2D eigenvalue weighted by Gasteiger charge is 2.16. The third-order valence-electron chi connectivity index (χ3n) is 5.32. The maximum Gasteiger partial charge on any atom is 0.262 e. The number of thioether (sulfide) groups is 1. The van der Waals surface area contributed by atoms with Gasteiger partial charge in [-0.2, -0.15) is 0 Å². The Hall–Kier alpha value is -3.32. The van der Waals surface area contributed by atoms with Crippen LogP contribution in [0.1, 0.15) is 36.8 Å². The molecule has 6 nitrogen and oxygen atoms in total.